The number of halogens is 4. The fourth-order valence-electron chi connectivity index (χ4n) is 2.18. The van der Waals surface area contributed by atoms with Crippen LogP contribution in [0.4, 0.5) is 13.2 Å². The molecule has 0 atom stereocenters. The van der Waals surface area contributed by atoms with Gasteiger partial charge >= 0.3 is 6.18 Å². The Balaban J connectivity index is 1.69. The molecule has 9 heteroatoms. The number of hydrogen-bond donors (Lipinski definition) is 1. The Labute approximate surface area is 160 Å². The lowest BCUT2D eigenvalue weighted by Crippen LogP contribution is -2.17. The second-order valence-electron chi connectivity index (χ2n) is 5.37. The van der Waals surface area contributed by atoms with E-state index in [-0.39, 0.29) is 17.1 Å². The van der Waals surface area contributed by atoms with Crippen molar-refractivity contribution < 1.29 is 22.4 Å². The molecule has 0 spiro atoms. The highest BCUT2D eigenvalue weighted by Crippen LogP contribution is 2.32. The molecule has 0 radical (unpaired) electrons. The van der Waals surface area contributed by atoms with Crippen molar-refractivity contribution in [2.75, 3.05) is 0 Å². The van der Waals surface area contributed by atoms with E-state index < -0.39 is 17.6 Å². The van der Waals surface area contributed by atoms with Gasteiger partial charge < -0.3 is 4.42 Å². The Hall–Kier alpha value is -2.94. The third-order valence-electron chi connectivity index (χ3n) is 3.43. The molecule has 0 aliphatic rings. The second kappa shape index (κ2) is 7.75. The molecule has 3 rings (SSSR count). The van der Waals surface area contributed by atoms with Gasteiger partial charge in [0.1, 0.15) is 11.5 Å². The van der Waals surface area contributed by atoms with Crippen LogP contribution in [-0.4, -0.2) is 17.1 Å². The van der Waals surface area contributed by atoms with Gasteiger partial charge in [-0.3, -0.25) is 9.78 Å². The number of furan rings is 1. The first-order valence-electron chi connectivity index (χ1n) is 7.54. The largest absolute Gasteiger partial charge is 0.455 e. The first-order valence-corrected chi connectivity index (χ1v) is 8.33. The van der Waals surface area contributed by atoms with Gasteiger partial charge in [0.25, 0.3) is 5.91 Å². The normalized spacial score (nSPS) is 11.7. The van der Waals surface area contributed by atoms with E-state index in [4.69, 9.17) is 4.42 Å². The third-order valence-corrected chi connectivity index (χ3v) is 3.86. The molecule has 0 fully saturated rings. The van der Waals surface area contributed by atoms with E-state index in [2.05, 4.69) is 31.4 Å². The maximum Gasteiger partial charge on any atom is 0.416 e. The lowest BCUT2D eigenvalue weighted by atomic mass is 10.1. The minimum Gasteiger partial charge on any atom is -0.455 e. The molecule has 3 aromatic rings. The molecule has 1 amide bonds. The van der Waals surface area contributed by atoms with Gasteiger partial charge in [-0.1, -0.05) is 12.1 Å². The lowest BCUT2D eigenvalue weighted by molar-refractivity contribution is -0.137. The van der Waals surface area contributed by atoms with Crippen LogP contribution >= 0.6 is 15.9 Å². The molecule has 0 aliphatic carbocycles. The van der Waals surface area contributed by atoms with Crippen LogP contribution in [0.25, 0.3) is 11.3 Å². The van der Waals surface area contributed by atoms with E-state index in [0.29, 0.717) is 10.0 Å². The average molecular weight is 438 g/mol. The predicted molar refractivity (Wildman–Crippen MR) is 96.1 cm³/mol. The van der Waals surface area contributed by atoms with Crippen molar-refractivity contribution in [3.05, 3.63) is 76.2 Å². The molecular weight excluding hydrogens is 427 g/mol. The van der Waals surface area contributed by atoms with Gasteiger partial charge in [-0.2, -0.15) is 18.3 Å². The molecule has 0 aliphatic heterocycles. The molecule has 0 saturated heterocycles. The molecule has 2 aromatic heterocycles. The SMILES string of the molecule is O=C(N/N=C/c1ccc(-c2cccc(C(F)(F)F)c2)o1)c1cncc(Br)c1. The summed E-state index contributed by atoms with van der Waals surface area (Å²) in [6.07, 6.45) is -0.259. The number of aromatic nitrogens is 1. The fourth-order valence-corrected chi connectivity index (χ4v) is 2.55. The minimum atomic E-state index is -4.43. The third kappa shape index (κ3) is 4.82. The van der Waals surface area contributed by atoms with Crippen LogP contribution in [0.1, 0.15) is 21.7 Å². The molecule has 138 valence electrons. The van der Waals surface area contributed by atoms with Gasteiger partial charge in [-0.25, -0.2) is 5.43 Å². The van der Waals surface area contributed by atoms with Crippen molar-refractivity contribution in [3.8, 4) is 11.3 Å². The van der Waals surface area contributed by atoms with Crippen LogP contribution in [0, 0.1) is 0 Å². The number of hydrogen-bond acceptors (Lipinski definition) is 4. The summed E-state index contributed by atoms with van der Waals surface area (Å²) in [5, 5.41) is 3.77. The highest BCUT2D eigenvalue weighted by Gasteiger charge is 2.30. The first kappa shape index (κ1) is 18.8. The first-order chi connectivity index (χ1) is 12.8. The van der Waals surface area contributed by atoms with Crippen LogP contribution in [0.5, 0.6) is 0 Å². The number of nitrogens with one attached hydrogen (secondary N) is 1. The van der Waals surface area contributed by atoms with E-state index in [0.717, 1.165) is 12.1 Å². The van der Waals surface area contributed by atoms with E-state index in [1.165, 1.54) is 42.9 Å². The Morgan fingerprint density at radius 3 is 2.74 bits per heavy atom. The molecule has 2 heterocycles. The summed E-state index contributed by atoms with van der Waals surface area (Å²) in [7, 11) is 0. The van der Waals surface area contributed by atoms with Crippen molar-refractivity contribution in [2.24, 2.45) is 5.10 Å². The summed E-state index contributed by atoms with van der Waals surface area (Å²) in [4.78, 5) is 15.8. The van der Waals surface area contributed by atoms with Crippen LogP contribution in [0.15, 0.2) is 68.8 Å². The zero-order valence-electron chi connectivity index (χ0n) is 13.5. The number of carbonyl (C=O) groups is 1. The number of amides is 1. The summed E-state index contributed by atoms with van der Waals surface area (Å²) in [5.41, 5.74) is 2.15. The number of pyridine rings is 1. The summed E-state index contributed by atoms with van der Waals surface area (Å²) >= 11 is 3.21. The molecule has 0 unspecified atom stereocenters. The monoisotopic (exact) mass is 437 g/mol. The van der Waals surface area contributed by atoms with Crippen molar-refractivity contribution in [1.82, 2.24) is 10.4 Å². The highest BCUT2D eigenvalue weighted by atomic mass is 79.9. The molecule has 0 bridgehead atoms. The highest BCUT2D eigenvalue weighted by molar-refractivity contribution is 9.10. The second-order valence-corrected chi connectivity index (χ2v) is 6.29. The Morgan fingerprint density at radius 1 is 1.19 bits per heavy atom. The fraction of sp³-hybridized carbons (Fsp3) is 0.0556. The standard InChI is InChI=1S/C18H11BrF3N3O2/c19-14-7-12(8-23-9-14)17(26)25-24-10-15-4-5-16(27-15)11-2-1-3-13(6-11)18(20,21)22/h1-10H,(H,25,26)/b24-10+. The number of carbonyl (C=O) groups excluding carboxylic acids is 1. The number of hydrazone groups is 1. The van der Waals surface area contributed by atoms with Crippen LogP contribution in [0.3, 0.4) is 0 Å². The van der Waals surface area contributed by atoms with Crippen LogP contribution in [-0.2, 0) is 6.18 Å². The Kier molecular flexibility index (Phi) is 5.41. The zero-order valence-corrected chi connectivity index (χ0v) is 15.1. The lowest BCUT2D eigenvalue weighted by Gasteiger charge is -2.07. The Morgan fingerprint density at radius 2 is 2.00 bits per heavy atom. The van der Waals surface area contributed by atoms with Crippen LogP contribution in [0.2, 0.25) is 0 Å². The van der Waals surface area contributed by atoms with Gasteiger partial charge in [-0.15, -0.1) is 0 Å². The number of benzene rings is 1. The molecule has 5 nitrogen and oxygen atoms in total. The van der Waals surface area contributed by atoms with Gasteiger partial charge in [0.05, 0.1) is 17.3 Å². The molecule has 1 N–H and O–H groups in total. The predicted octanol–water partition coefficient (Wildman–Crippen LogP) is 4.89. The quantitative estimate of drug-likeness (QED) is 0.466. The van der Waals surface area contributed by atoms with E-state index in [1.807, 2.05) is 0 Å². The molecular formula is C18H11BrF3N3O2. The van der Waals surface area contributed by atoms with Crippen molar-refractivity contribution >= 4 is 28.1 Å². The maximum absolute atomic E-state index is 12.8. The molecule has 1 aromatic carbocycles. The number of rotatable bonds is 4. The van der Waals surface area contributed by atoms with E-state index in [9.17, 15) is 18.0 Å². The molecule has 27 heavy (non-hydrogen) atoms. The van der Waals surface area contributed by atoms with Crippen LogP contribution < -0.4 is 5.43 Å². The molecule has 0 saturated carbocycles. The van der Waals surface area contributed by atoms with E-state index in [1.54, 1.807) is 6.07 Å². The summed E-state index contributed by atoms with van der Waals surface area (Å²) in [5.74, 6) is 0.0600. The van der Waals surface area contributed by atoms with Gasteiger partial charge in [0.15, 0.2) is 0 Å². The maximum atomic E-state index is 12.8. The van der Waals surface area contributed by atoms with Crippen molar-refractivity contribution in [2.45, 2.75) is 6.18 Å². The summed E-state index contributed by atoms with van der Waals surface area (Å²) in [6.45, 7) is 0. The topological polar surface area (TPSA) is 67.5 Å². The number of nitrogens with zero attached hydrogens (tertiary/aromatic N) is 2. The van der Waals surface area contributed by atoms with Gasteiger partial charge in [0.2, 0.25) is 0 Å². The van der Waals surface area contributed by atoms with Crippen molar-refractivity contribution in [3.63, 3.8) is 0 Å². The van der Waals surface area contributed by atoms with E-state index >= 15 is 0 Å². The van der Waals surface area contributed by atoms with Crippen molar-refractivity contribution in [1.29, 1.82) is 0 Å². The number of alkyl halides is 3. The smallest absolute Gasteiger partial charge is 0.416 e. The zero-order chi connectivity index (χ0) is 19.4. The Bertz CT molecular complexity index is 999. The van der Waals surface area contributed by atoms with Gasteiger partial charge in [-0.05, 0) is 46.3 Å². The van der Waals surface area contributed by atoms with Gasteiger partial charge in [0, 0.05) is 22.4 Å². The minimum absolute atomic E-state index is 0.255. The average Bonchev–Trinajstić information content (AvgIpc) is 3.10. The summed E-state index contributed by atoms with van der Waals surface area (Å²) < 4.78 is 44.5. The summed E-state index contributed by atoms with van der Waals surface area (Å²) in [6, 6.07) is 9.44.